The number of benzene rings is 2. The van der Waals surface area contributed by atoms with Crippen molar-refractivity contribution in [2.24, 2.45) is 5.73 Å². The van der Waals surface area contributed by atoms with Gasteiger partial charge >= 0.3 is 0 Å². The molecule has 2 aromatic rings. The molecule has 2 heteroatoms. The van der Waals surface area contributed by atoms with Gasteiger partial charge in [0.25, 0.3) is 0 Å². The average Bonchev–Trinajstić information content (AvgIpc) is 2.42. The number of nitrogens with two attached hydrogens (primary N) is 1. The zero-order chi connectivity index (χ0) is 13.3. The molecule has 1 atom stereocenters. The second kappa shape index (κ2) is 4.78. The third kappa shape index (κ3) is 2.28. The zero-order valence-corrected chi connectivity index (χ0v) is 10.9. The normalized spacial score (nSPS) is 22.0. The molecule has 98 valence electrons. The van der Waals surface area contributed by atoms with E-state index in [1.807, 2.05) is 24.3 Å². The molecule has 0 fully saturated rings. The van der Waals surface area contributed by atoms with Crippen LogP contribution in [-0.4, -0.2) is 0 Å². The summed E-state index contributed by atoms with van der Waals surface area (Å²) in [5.41, 5.74) is 9.38. The molecule has 0 aromatic heterocycles. The average molecular weight is 255 g/mol. The van der Waals surface area contributed by atoms with Gasteiger partial charge < -0.3 is 5.73 Å². The molecule has 1 aliphatic rings. The van der Waals surface area contributed by atoms with Gasteiger partial charge in [0.1, 0.15) is 5.82 Å². The van der Waals surface area contributed by atoms with Crippen molar-refractivity contribution >= 4 is 0 Å². The number of fused-ring (bicyclic) bond motifs is 1. The van der Waals surface area contributed by atoms with E-state index in [1.165, 1.54) is 17.2 Å². The highest BCUT2D eigenvalue weighted by Crippen LogP contribution is 2.36. The fourth-order valence-electron chi connectivity index (χ4n) is 3.12. The van der Waals surface area contributed by atoms with Gasteiger partial charge in [0, 0.05) is 5.54 Å². The second-order valence-corrected chi connectivity index (χ2v) is 5.44. The molecular formula is C17H18FN. The second-order valence-electron chi connectivity index (χ2n) is 5.44. The fourth-order valence-corrected chi connectivity index (χ4v) is 3.12. The third-order valence-electron chi connectivity index (χ3n) is 4.09. The third-order valence-corrected chi connectivity index (χ3v) is 4.09. The maximum atomic E-state index is 13.8. The highest BCUT2D eigenvalue weighted by atomic mass is 19.1. The summed E-state index contributed by atoms with van der Waals surface area (Å²) < 4.78 is 13.8. The summed E-state index contributed by atoms with van der Waals surface area (Å²) in [5, 5.41) is 0. The Morgan fingerprint density at radius 2 is 1.79 bits per heavy atom. The van der Waals surface area contributed by atoms with Crippen LogP contribution in [0.5, 0.6) is 0 Å². The van der Waals surface area contributed by atoms with Crippen molar-refractivity contribution in [2.75, 3.05) is 0 Å². The lowest BCUT2D eigenvalue weighted by Gasteiger charge is -2.36. The lowest BCUT2D eigenvalue weighted by atomic mass is 9.74. The smallest absolute Gasteiger partial charge is 0.126 e. The molecule has 1 aliphatic carbocycles. The number of rotatable bonds is 2. The molecule has 1 unspecified atom stereocenters. The Bertz CT molecular complexity index is 593. The summed E-state index contributed by atoms with van der Waals surface area (Å²) in [7, 11) is 0. The van der Waals surface area contributed by atoms with Gasteiger partial charge in [-0.1, -0.05) is 42.5 Å². The van der Waals surface area contributed by atoms with E-state index in [-0.39, 0.29) is 5.82 Å². The maximum Gasteiger partial charge on any atom is 0.126 e. The van der Waals surface area contributed by atoms with Gasteiger partial charge in [-0.3, -0.25) is 0 Å². The molecule has 1 nitrogen and oxygen atoms in total. The van der Waals surface area contributed by atoms with E-state index in [0.717, 1.165) is 19.3 Å². The van der Waals surface area contributed by atoms with E-state index in [1.54, 1.807) is 6.07 Å². The van der Waals surface area contributed by atoms with Gasteiger partial charge in [-0.05, 0) is 48.4 Å². The summed E-state index contributed by atoms with van der Waals surface area (Å²) in [4.78, 5) is 0. The van der Waals surface area contributed by atoms with Crippen molar-refractivity contribution in [1.82, 2.24) is 0 Å². The molecular weight excluding hydrogens is 237 g/mol. The minimum Gasteiger partial charge on any atom is -0.321 e. The first-order chi connectivity index (χ1) is 9.19. The van der Waals surface area contributed by atoms with Crippen LogP contribution in [0, 0.1) is 5.82 Å². The van der Waals surface area contributed by atoms with E-state index in [2.05, 4.69) is 12.1 Å². The van der Waals surface area contributed by atoms with E-state index >= 15 is 0 Å². The van der Waals surface area contributed by atoms with Crippen LogP contribution in [0.1, 0.15) is 29.5 Å². The molecule has 0 heterocycles. The first-order valence-corrected chi connectivity index (χ1v) is 6.80. The molecule has 19 heavy (non-hydrogen) atoms. The van der Waals surface area contributed by atoms with Crippen molar-refractivity contribution in [3.63, 3.8) is 0 Å². The highest BCUT2D eigenvalue weighted by Gasteiger charge is 2.33. The van der Waals surface area contributed by atoms with Crippen molar-refractivity contribution in [2.45, 2.75) is 31.2 Å². The summed E-state index contributed by atoms with van der Waals surface area (Å²) in [6.07, 6.45) is 3.63. The minimum absolute atomic E-state index is 0.157. The molecule has 2 aromatic carbocycles. The molecule has 0 saturated heterocycles. The Morgan fingerprint density at radius 3 is 2.63 bits per heavy atom. The zero-order valence-electron chi connectivity index (χ0n) is 10.9. The number of hydrogen-bond donors (Lipinski definition) is 1. The molecule has 0 radical (unpaired) electrons. The molecule has 2 N–H and O–H groups in total. The Kier molecular flexibility index (Phi) is 3.11. The van der Waals surface area contributed by atoms with Crippen LogP contribution < -0.4 is 5.73 Å². The monoisotopic (exact) mass is 255 g/mol. The predicted molar refractivity (Wildman–Crippen MR) is 75.3 cm³/mol. The first kappa shape index (κ1) is 12.4. The summed E-state index contributed by atoms with van der Waals surface area (Å²) >= 11 is 0. The highest BCUT2D eigenvalue weighted by molar-refractivity contribution is 5.37. The van der Waals surface area contributed by atoms with Gasteiger partial charge in [-0.15, -0.1) is 0 Å². The fraction of sp³-hybridized carbons (Fsp3) is 0.294. The molecule has 0 saturated carbocycles. The summed E-state index contributed by atoms with van der Waals surface area (Å²) in [5.74, 6) is -0.157. The Balaban J connectivity index is 1.99. The van der Waals surface area contributed by atoms with E-state index in [0.29, 0.717) is 12.0 Å². The largest absolute Gasteiger partial charge is 0.321 e. The number of hydrogen-bond acceptors (Lipinski definition) is 1. The van der Waals surface area contributed by atoms with Gasteiger partial charge in [0.2, 0.25) is 0 Å². The van der Waals surface area contributed by atoms with Gasteiger partial charge in [-0.2, -0.15) is 0 Å². The van der Waals surface area contributed by atoms with Gasteiger partial charge in [-0.25, -0.2) is 4.39 Å². The maximum absolute atomic E-state index is 13.8. The predicted octanol–water partition coefficient (Wildman–Crippen LogP) is 3.56. The molecule has 0 aliphatic heterocycles. The van der Waals surface area contributed by atoms with Crippen LogP contribution in [0.15, 0.2) is 48.5 Å². The number of aryl methyl sites for hydroxylation is 1. The summed E-state index contributed by atoms with van der Waals surface area (Å²) in [6.45, 7) is 0. The molecule has 0 amide bonds. The van der Waals surface area contributed by atoms with Crippen LogP contribution in [0.4, 0.5) is 4.39 Å². The first-order valence-electron chi connectivity index (χ1n) is 6.80. The number of halogens is 1. The molecule has 0 spiro atoms. The van der Waals surface area contributed by atoms with Crippen LogP contribution >= 0.6 is 0 Å². The quantitative estimate of drug-likeness (QED) is 0.872. The Labute approximate surface area is 113 Å². The van der Waals surface area contributed by atoms with Gasteiger partial charge in [0.05, 0.1) is 0 Å². The van der Waals surface area contributed by atoms with E-state index in [9.17, 15) is 4.39 Å². The topological polar surface area (TPSA) is 26.0 Å². The SMILES string of the molecule is NC1(Cc2ccccc2F)CCCc2ccccc21. The molecule has 3 rings (SSSR count). The Hall–Kier alpha value is -1.67. The standard InChI is InChI=1S/C17H18FN/c18-16-10-4-2-7-14(16)12-17(19)11-5-8-13-6-1-3-9-15(13)17/h1-4,6-7,9-10H,5,8,11-12,19H2. The van der Waals surface area contributed by atoms with E-state index in [4.69, 9.17) is 5.73 Å². The lowest BCUT2D eigenvalue weighted by molar-refractivity contribution is 0.364. The van der Waals surface area contributed by atoms with Crippen molar-refractivity contribution in [1.29, 1.82) is 0 Å². The van der Waals surface area contributed by atoms with Crippen LogP contribution in [-0.2, 0) is 18.4 Å². The van der Waals surface area contributed by atoms with Crippen LogP contribution in [0.3, 0.4) is 0 Å². The minimum atomic E-state index is -0.433. The van der Waals surface area contributed by atoms with Crippen molar-refractivity contribution < 1.29 is 4.39 Å². The van der Waals surface area contributed by atoms with Crippen molar-refractivity contribution in [3.05, 3.63) is 71.0 Å². The lowest BCUT2D eigenvalue weighted by Crippen LogP contribution is -2.42. The Morgan fingerprint density at radius 1 is 1.05 bits per heavy atom. The van der Waals surface area contributed by atoms with Crippen molar-refractivity contribution in [3.8, 4) is 0 Å². The van der Waals surface area contributed by atoms with E-state index < -0.39 is 5.54 Å². The summed E-state index contributed by atoms with van der Waals surface area (Å²) in [6, 6.07) is 15.2. The van der Waals surface area contributed by atoms with Crippen LogP contribution in [0.25, 0.3) is 0 Å². The molecule has 0 bridgehead atoms. The van der Waals surface area contributed by atoms with Gasteiger partial charge in [0.15, 0.2) is 0 Å². The van der Waals surface area contributed by atoms with Crippen LogP contribution in [0.2, 0.25) is 0 Å².